The number of hydrogen-bond donors (Lipinski definition) is 2. The van der Waals surface area contributed by atoms with Crippen molar-refractivity contribution in [2.24, 2.45) is 5.92 Å². The molecule has 2 saturated heterocycles. The van der Waals surface area contributed by atoms with E-state index in [-0.39, 0.29) is 18.3 Å². The second-order valence-electron chi connectivity index (χ2n) is 10.4. The molecule has 2 aromatic rings. The predicted octanol–water partition coefficient (Wildman–Crippen LogP) is 2.42. The Morgan fingerprint density at radius 2 is 1.97 bits per heavy atom. The first-order chi connectivity index (χ1) is 18.4. The van der Waals surface area contributed by atoms with Crippen LogP contribution in [0.25, 0.3) is 6.08 Å². The van der Waals surface area contributed by atoms with Crippen LogP contribution >= 0.6 is 0 Å². The van der Waals surface area contributed by atoms with Crippen molar-refractivity contribution >= 4 is 16.3 Å². The summed E-state index contributed by atoms with van der Waals surface area (Å²) < 4.78 is 50.1. The minimum absolute atomic E-state index is 0.139. The number of likely N-dealkylation sites (tertiary alicyclic amines) is 1. The summed E-state index contributed by atoms with van der Waals surface area (Å²) in [5, 5.41) is 17.3. The first-order valence-corrected chi connectivity index (χ1v) is 14.4. The van der Waals surface area contributed by atoms with Gasteiger partial charge in [-0.15, -0.1) is 0 Å². The number of halogens is 1. The van der Waals surface area contributed by atoms with Gasteiger partial charge < -0.3 is 14.7 Å². The number of H-pyrrole nitrogens is 1. The Hall–Kier alpha value is -2.99. The van der Waals surface area contributed by atoms with E-state index < -0.39 is 16.3 Å². The highest BCUT2D eigenvalue weighted by molar-refractivity contribution is 7.86. The van der Waals surface area contributed by atoms with Gasteiger partial charge >= 0.3 is 10.2 Å². The van der Waals surface area contributed by atoms with E-state index in [2.05, 4.69) is 16.3 Å². The first-order valence-electron chi connectivity index (χ1n) is 13.0. The fraction of sp³-hybridized carbons (Fsp3) is 0.444. The van der Waals surface area contributed by atoms with Gasteiger partial charge in [0.2, 0.25) is 0 Å². The lowest BCUT2D eigenvalue weighted by Gasteiger charge is -2.41. The second-order valence-corrected chi connectivity index (χ2v) is 12.2. The zero-order chi connectivity index (χ0) is 26.3. The summed E-state index contributed by atoms with van der Waals surface area (Å²) in [6.07, 6.45) is 9.26. The van der Waals surface area contributed by atoms with E-state index in [1.54, 1.807) is 16.4 Å². The summed E-state index contributed by atoms with van der Waals surface area (Å²) in [6, 6.07) is 6.17. The van der Waals surface area contributed by atoms with Crippen molar-refractivity contribution in [2.75, 3.05) is 39.3 Å². The number of rotatable bonds is 7. The second kappa shape index (κ2) is 10.3. The van der Waals surface area contributed by atoms with E-state index in [0.29, 0.717) is 58.1 Å². The van der Waals surface area contributed by atoms with E-state index in [1.807, 2.05) is 23.2 Å². The number of nitrogens with one attached hydrogen (secondary N) is 1. The van der Waals surface area contributed by atoms with E-state index in [0.717, 1.165) is 28.8 Å². The third kappa shape index (κ3) is 5.03. The number of aliphatic hydroxyl groups is 1. The summed E-state index contributed by atoms with van der Waals surface area (Å²) in [7, 11) is -3.79. The number of aromatic nitrogens is 2. The van der Waals surface area contributed by atoms with Crippen molar-refractivity contribution in [3.05, 3.63) is 82.2 Å². The molecule has 1 aromatic carbocycles. The molecule has 4 aliphatic rings. The molecule has 38 heavy (non-hydrogen) atoms. The molecule has 0 amide bonds. The number of nitrogens with zero attached hydrogens (tertiary/aromatic N) is 4. The van der Waals surface area contributed by atoms with Gasteiger partial charge in [-0.2, -0.15) is 17.8 Å². The number of aromatic amines is 1. The van der Waals surface area contributed by atoms with Crippen LogP contribution in [0.1, 0.15) is 29.7 Å². The maximum absolute atomic E-state index is 14.0. The largest absolute Gasteiger partial charge is 0.391 e. The van der Waals surface area contributed by atoms with Gasteiger partial charge in [-0.3, -0.25) is 5.10 Å². The molecule has 4 heterocycles. The molecule has 1 aliphatic carbocycles. The molecule has 2 fully saturated rings. The molecule has 3 aliphatic heterocycles. The molecule has 0 unspecified atom stereocenters. The quantitative estimate of drug-likeness (QED) is 0.559. The normalized spacial score (nSPS) is 24.0. The molecule has 0 bridgehead atoms. The van der Waals surface area contributed by atoms with Gasteiger partial charge in [-0.1, -0.05) is 23.8 Å². The monoisotopic (exact) mass is 541 g/mol. The van der Waals surface area contributed by atoms with Gasteiger partial charge in [-0.05, 0) is 66.2 Å². The van der Waals surface area contributed by atoms with Crippen LogP contribution in [0.5, 0.6) is 0 Å². The van der Waals surface area contributed by atoms with E-state index in [4.69, 9.17) is 4.74 Å². The smallest absolute Gasteiger partial charge is 0.305 e. The lowest BCUT2D eigenvalue weighted by Crippen LogP contribution is -2.51. The molecule has 11 heteroatoms. The Morgan fingerprint density at radius 1 is 1.13 bits per heavy atom. The molecular weight excluding hydrogens is 509 g/mol. The molecule has 6 rings (SSSR count). The minimum atomic E-state index is -3.79. The highest BCUT2D eigenvalue weighted by Crippen LogP contribution is 2.36. The number of hydrogen-bond acceptors (Lipinski definition) is 6. The van der Waals surface area contributed by atoms with Gasteiger partial charge in [-0.25, -0.2) is 8.70 Å². The summed E-state index contributed by atoms with van der Waals surface area (Å²) >= 11 is 0. The third-order valence-corrected chi connectivity index (χ3v) is 9.66. The molecule has 1 aromatic heterocycles. The van der Waals surface area contributed by atoms with Crippen molar-refractivity contribution in [3.63, 3.8) is 0 Å². The third-order valence-electron chi connectivity index (χ3n) is 7.78. The van der Waals surface area contributed by atoms with E-state index in [9.17, 15) is 17.9 Å². The highest BCUT2D eigenvalue weighted by atomic mass is 32.2. The van der Waals surface area contributed by atoms with Crippen LogP contribution in [0.2, 0.25) is 0 Å². The van der Waals surface area contributed by atoms with Crippen LogP contribution < -0.4 is 0 Å². The van der Waals surface area contributed by atoms with Crippen LogP contribution in [0.4, 0.5) is 4.39 Å². The van der Waals surface area contributed by atoms with Crippen LogP contribution in [-0.2, 0) is 28.0 Å². The minimum Gasteiger partial charge on any atom is -0.391 e. The number of benzene rings is 1. The van der Waals surface area contributed by atoms with E-state index in [1.165, 1.54) is 22.0 Å². The van der Waals surface area contributed by atoms with Crippen molar-refractivity contribution in [2.45, 2.75) is 32.0 Å². The predicted molar refractivity (Wildman–Crippen MR) is 140 cm³/mol. The zero-order valence-corrected chi connectivity index (χ0v) is 21.9. The number of piperidine rings is 1. The lowest BCUT2D eigenvalue weighted by molar-refractivity contribution is 0.142. The molecule has 9 nitrogen and oxygen atoms in total. The van der Waals surface area contributed by atoms with Crippen LogP contribution in [-0.4, -0.2) is 82.7 Å². The summed E-state index contributed by atoms with van der Waals surface area (Å²) in [5.41, 5.74) is 5.16. The van der Waals surface area contributed by atoms with Gasteiger partial charge in [0.1, 0.15) is 11.6 Å². The summed E-state index contributed by atoms with van der Waals surface area (Å²) in [5.74, 6) is 0.424. The maximum Gasteiger partial charge on any atom is 0.305 e. The molecule has 2 atom stereocenters. The number of β-amino-alcohol motifs (C(OH)–C–C–N with tert-alkyl or cyclic N) is 1. The SMILES string of the molecule is O=S(=O)(N1CCC2=Cc3[nH]ncc3C[C@H]2C1)N1CC=C(COCc2ccc(F)cc2)C=C1N1CC[C@@H](O)C1. The molecule has 0 radical (unpaired) electrons. The van der Waals surface area contributed by atoms with Crippen LogP contribution in [0.15, 0.2) is 59.6 Å². The Labute approximate surface area is 222 Å². The Morgan fingerprint density at radius 3 is 2.76 bits per heavy atom. The summed E-state index contributed by atoms with van der Waals surface area (Å²) in [6.45, 7) is 2.67. The zero-order valence-electron chi connectivity index (χ0n) is 21.1. The standard InChI is InChI=1S/C27H32FN5O4S/c28-24-3-1-19(2-4-24)17-37-18-20-5-10-33(27(11-20)31-8-7-25(34)16-31)38(35,36)32-9-6-21-13-26-22(14-29-30-26)12-23(21)15-32/h1-5,11,13-14,23,25,34H,6-10,12,15-18H2,(H,29,30)/t23-,25+/m0/s1. The molecule has 2 N–H and O–H groups in total. The summed E-state index contributed by atoms with van der Waals surface area (Å²) in [4.78, 5) is 1.95. The Kier molecular flexibility index (Phi) is 6.85. The van der Waals surface area contributed by atoms with Crippen molar-refractivity contribution in [1.29, 1.82) is 0 Å². The Bertz CT molecular complexity index is 1380. The molecule has 202 valence electrons. The Balaban J connectivity index is 1.17. The lowest BCUT2D eigenvalue weighted by atomic mass is 9.83. The van der Waals surface area contributed by atoms with Gasteiger partial charge in [0.25, 0.3) is 0 Å². The van der Waals surface area contributed by atoms with Crippen LogP contribution in [0.3, 0.4) is 0 Å². The molecule has 0 spiro atoms. The van der Waals surface area contributed by atoms with Crippen LogP contribution in [0, 0.1) is 11.7 Å². The first kappa shape index (κ1) is 25.3. The number of fused-ring (bicyclic) bond motifs is 2. The average Bonchev–Trinajstić information content (AvgIpc) is 3.56. The van der Waals surface area contributed by atoms with Gasteiger partial charge in [0, 0.05) is 26.2 Å². The van der Waals surface area contributed by atoms with E-state index >= 15 is 0 Å². The van der Waals surface area contributed by atoms with Crippen molar-refractivity contribution < 1.29 is 22.7 Å². The van der Waals surface area contributed by atoms with Gasteiger partial charge in [0.05, 0.1) is 37.8 Å². The highest BCUT2D eigenvalue weighted by Gasteiger charge is 2.40. The fourth-order valence-corrected chi connectivity index (χ4v) is 7.31. The maximum atomic E-state index is 14.0. The topological polar surface area (TPSA) is 102 Å². The van der Waals surface area contributed by atoms with Gasteiger partial charge in [0.15, 0.2) is 0 Å². The number of ether oxygens (including phenoxy) is 1. The molecule has 0 saturated carbocycles. The van der Waals surface area contributed by atoms with Crippen molar-refractivity contribution in [3.8, 4) is 0 Å². The average molecular weight is 542 g/mol. The fourth-order valence-electron chi connectivity index (χ4n) is 5.68. The molecular formula is C27H32FN5O4S. The van der Waals surface area contributed by atoms with Crippen molar-refractivity contribution in [1.82, 2.24) is 23.7 Å². The number of aliphatic hydroxyl groups excluding tert-OH is 1.